The zero-order valence-corrected chi connectivity index (χ0v) is 7.84. The van der Waals surface area contributed by atoms with Crippen molar-refractivity contribution in [3.8, 4) is 0 Å². The van der Waals surface area contributed by atoms with Crippen molar-refractivity contribution in [3.05, 3.63) is 11.8 Å². The summed E-state index contributed by atoms with van der Waals surface area (Å²) in [6.07, 6.45) is 5.36. The molecule has 72 valence electrons. The van der Waals surface area contributed by atoms with E-state index in [1.165, 1.54) is 12.5 Å². The molecule has 0 aromatic carbocycles. The van der Waals surface area contributed by atoms with Gasteiger partial charge in [0.1, 0.15) is 5.76 Å². The van der Waals surface area contributed by atoms with E-state index in [0.717, 1.165) is 19.3 Å². The van der Waals surface area contributed by atoms with Crippen molar-refractivity contribution in [2.45, 2.75) is 38.1 Å². The average molecular weight is 181 g/mol. The second kappa shape index (κ2) is 2.76. The minimum absolute atomic E-state index is 0.147. The Morgan fingerprint density at radius 3 is 3.00 bits per heavy atom. The number of rotatable bonds is 0. The van der Waals surface area contributed by atoms with Crippen molar-refractivity contribution in [2.24, 2.45) is 5.92 Å². The predicted octanol–water partition coefficient (Wildman–Crippen LogP) is 1.51. The summed E-state index contributed by atoms with van der Waals surface area (Å²) in [7, 11) is 0. The van der Waals surface area contributed by atoms with Gasteiger partial charge in [0.15, 0.2) is 0 Å². The number of hydrogen-bond donors (Lipinski definition) is 2. The third-order valence-electron chi connectivity index (χ3n) is 3.12. The smallest absolute Gasteiger partial charge is 0.248 e. The van der Waals surface area contributed by atoms with Gasteiger partial charge in [0.25, 0.3) is 0 Å². The van der Waals surface area contributed by atoms with Gasteiger partial charge < -0.3 is 10.4 Å². The van der Waals surface area contributed by atoms with Crippen molar-refractivity contribution in [3.63, 3.8) is 0 Å². The molecule has 1 fully saturated rings. The Hall–Kier alpha value is -0.990. The molecule has 0 aromatic heterocycles. The molecular formula is C10H15NO2. The van der Waals surface area contributed by atoms with Crippen LogP contribution in [0.2, 0.25) is 0 Å². The lowest BCUT2D eigenvalue weighted by atomic mass is 9.76. The number of nitrogens with one attached hydrogen (secondary N) is 1. The summed E-state index contributed by atoms with van der Waals surface area (Å²) in [5.41, 5.74) is -0.408. The largest absolute Gasteiger partial charge is 0.510 e. The van der Waals surface area contributed by atoms with Gasteiger partial charge in [-0.15, -0.1) is 0 Å². The molecule has 0 radical (unpaired) electrons. The number of amides is 1. The van der Waals surface area contributed by atoms with E-state index < -0.39 is 5.54 Å². The Bertz CT molecular complexity index is 272. The van der Waals surface area contributed by atoms with Crippen molar-refractivity contribution in [1.82, 2.24) is 5.32 Å². The second-order valence-electron chi connectivity index (χ2n) is 4.30. The molecule has 3 nitrogen and oxygen atoms in total. The van der Waals surface area contributed by atoms with Gasteiger partial charge in [-0.05, 0) is 18.8 Å². The Labute approximate surface area is 77.8 Å². The summed E-state index contributed by atoms with van der Waals surface area (Å²) < 4.78 is 0. The number of aliphatic hydroxyl groups excluding tert-OH is 1. The quantitative estimate of drug-likeness (QED) is 0.595. The predicted molar refractivity (Wildman–Crippen MR) is 49.2 cm³/mol. The first-order valence-electron chi connectivity index (χ1n) is 4.86. The van der Waals surface area contributed by atoms with Gasteiger partial charge >= 0.3 is 0 Å². The van der Waals surface area contributed by atoms with Gasteiger partial charge in [-0.1, -0.05) is 19.8 Å². The maximum Gasteiger partial charge on any atom is 0.248 e. The first-order valence-corrected chi connectivity index (χ1v) is 4.86. The van der Waals surface area contributed by atoms with Crippen molar-refractivity contribution in [2.75, 3.05) is 0 Å². The molecule has 1 heterocycles. The maximum absolute atomic E-state index is 11.1. The van der Waals surface area contributed by atoms with Crippen LogP contribution in [0.15, 0.2) is 11.8 Å². The summed E-state index contributed by atoms with van der Waals surface area (Å²) in [5.74, 6) is 0.679. The Morgan fingerprint density at radius 1 is 1.69 bits per heavy atom. The molecule has 2 N–H and O–H groups in total. The van der Waals surface area contributed by atoms with E-state index in [0.29, 0.717) is 5.92 Å². The van der Waals surface area contributed by atoms with Crippen LogP contribution in [0.5, 0.6) is 0 Å². The van der Waals surface area contributed by atoms with Gasteiger partial charge in [-0.3, -0.25) is 4.79 Å². The van der Waals surface area contributed by atoms with Gasteiger partial charge in [-0.2, -0.15) is 0 Å². The zero-order valence-electron chi connectivity index (χ0n) is 7.84. The van der Waals surface area contributed by atoms with Crippen LogP contribution in [-0.2, 0) is 4.79 Å². The first kappa shape index (κ1) is 8.60. The molecule has 2 rings (SSSR count). The fraction of sp³-hybridized carbons (Fsp3) is 0.700. The lowest BCUT2D eigenvalue weighted by Gasteiger charge is -2.36. The molecule has 0 aromatic rings. The summed E-state index contributed by atoms with van der Waals surface area (Å²) in [4.78, 5) is 11.1. The van der Waals surface area contributed by atoms with E-state index in [1.54, 1.807) is 0 Å². The Balaban J connectivity index is 2.21. The molecule has 2 atom stereocenters. The Kier molecular flexibility index (Phi) is 1.82. The van der Waals surface area contributed by atoms with E-state index >= 15 is 0 Å². The van der Waals surface area contributed by atoms with E-state index in [9.17, 15) is 9.90 Å². The van der Waals surface area contributed by atoms with E-state index in [-0.39, 0.29) is 11.7 Å². The van der Waals surface area contributed by atoms with E-state index in [1.807, 2.05) is 0 Å². The fourth-order valence-electron chi connectivity index (χ4n) is 2.50. The van der Waals surface area contributed by atoms with Crippen LogP contribution in [0, 0.1) is 5.92 Å². The van der Waals surface area contributed by atoms with Crippen molar-refractivity contribution < 1.29 is 9.90 Å². The van der Waals surface area contributed by atoms with Crippen LogP contribution in [-0.4, -0.2) is 16.6 Å². The normalized spacial score (nSPS) is 39.0. The molecule has 0 saturated heterocycles. The first-order chi connectivity index (χ1) is 6.12. The fourth-order valence-corrected chi connectivity index (χ4v) is 2.50. The SMILES string of the molecule is CC1CCCC2(C1)NC(=O)C=C2O. The van der Waals surface area contributed by atoms with Crippen molar-refractivity contribution >= 4 is 5.91 Å². The number of hydrogen-bond acceptors (Lipinski definition) is 2. The van der Waals surface area contributed by atoms with E-state index in [2.05, 4.69) is 12.2 Å². The monoisotopic (exact) mass is 181 g/mol. The summed E-state index contributed by atoms with van der Waals surface area (Å²) in [5, 5.41) is 12.5. The third-order valence-corrected chi connectivity index (χ3v) is 3.12. The molecule has 1 saturated carbocycles. The average Bonchev–Trinajstić information content (AvgIpc) is 2.26. The molecule has 1 aliphatic carbocycles. The topological polar surface area (TPSA) is 49.3 Å². The van der Waals surface area contributed by atoms with E-state index in [4.69, 9.17) is 0 Å². The molecule has 1 aliphatic heterocycles. The van der Waals surface area contributed by atoms with Crippen LogP contribution in [0.4, 0.5) is 0 Å². The molecule has 0 bridgehead atoms. The molecular weight excluding hydrogens is 166 g/mol. The minimum Gasteiger partial charge on any atom is -0.510 e. The lowest BCUT2D eigenvalue weighted by Crippen LogP contribution is -2.47. The highest BCUT2D eigenvalue weighted by Crippen LogP contribution is 2.38. The van der Waals surface area contributed by atoms with Gasteiger partial charge in [0, 0.05) is 6.08 Å². The highest BCUT2D eigenvalue weighted by Gasteiger charge is 2.43. The summed E-state index contributed by atoms with van der Waals surface area (Å²) in [6, 6.07) is 0. The Morgan fingerprint density at radius 2 is 2.46 bits per heavy atom. The van der Waals surface area contributed by atoms with Crippen LogP contribution < -0.4 is 5.32 Å². The van der Waals surface area contributed by atoms with Gasteiger partial charge in [0.2, 0.25) is 5.91 Å². The molecule has 2 aliphatic rings. The standard InChI is InChI=1S/C10H15NO2/c1-7-3-2-4-10(6-7)8(12)5-9(13)11-10/h5,7,12H,2-4,6H2,1H3,(H,11,13). The van der Waals surface area contributed by atoms with Crippen LogP contribution in [0.1, 0.15) is 32.6 Å². The third kappa shape index (κ3) is 1.32. The molecule has 13 heavy (non-hydrogen) atoms. The number of aliphatic hydroxyl groups is 1. The second-order valence-corrected chi connectivity index (χ2v) is 4.30. The van der Waals surface area contributed by atoms with Crippen LogP contribution >= 0.6 is 0 Å². The summed E-state index contributed by atoms with van der Waals surface area (Å²) >= 11 is 0. The molecule has 1 spiro atoms. The molecule has 2 unspecified atom stereocenters. The number of carbonyl (C=O) groups is 1. The maximum atomic E-state index is 11.1. The highest BCUT2D eigenvalue weighted by molar-refractivity contribution is 5.92. The van der Waals surface area contributed by atoms with Crippen LogP contribution in [0.3, 0.4) is 0 Å². The van der Waals surface area contributed by atoms with Crippen LogP contribution in [0.25, 0.3) is 0 Å². The van der Waals surface area contributed by atoms with Gasteiger partial charge in [0.05, 0.1) is 5.54 Å². The number of carbonyl (C=O) groups excluding carboxylic acids is 1. The van der Waals surface area contributed by atoms with Gasteiger partial charge in [-0.25, -0.2) is 0 Å². The summed E-state index contributed by atoms with van der Waals surface area (Å²) in [6.45, 7) is 2.17. The zero-order chi connectivity index (χ0) is 9.47. The minimum atomic E-state index is -0.408. The highest BCUT2D eigenvalue weighted by atomic mass is 16.3. The lowest BCUT2D eigenvalue weighted by molar-refractivity contribution is -0.117. The molecule has 1 amide bonds. The molecule has 3 heteroatoms. The van der Waals surface area contributed by atoms with Crippen molar-refractivity contribution in [1.29, 1.82) is 0 Å².